The molecular weight excluding hydrogens is 341 g/mol. The van der Waals surface area contributed by atoms with Crippen molar-refractivity contribution in [2.24, 2.45) is 0 Å². The normalized spacial score (nSPS) is 10.1. The third kappa shape index (κ3) is 3.01. The fraction of sp³-hybridized carbons (Fsp3) is 0.0714. The van der Waals surface area contributed by atoms with Crippen LogP contribution in [0.25, 0.3) is 0 Å². The summed E-state index contributed by atoms with van der Waals surface area (Å²) in [6, 6.07) is 13.0. The molecule has 3 nitrogen and oxygen atoms in total. The second-order valence-corrected chi connectivity index (χ2v) is 5.23. The van der Waals surface area contributed by atoms with Gasteiger partial charge < -0.3 is 10.4 Å². The van der Waals surface area contributed by atoms with Crippen LogP contribution in [-0.4, -0.2) is 11.1 Å². The zero-order chi connectivity index (χ0) is 13.1. The number of carbonyl (C=O) groups is 1. The van der Waals surface area contributed by atoms with Crippen LogP contribution < -0.4 is 5.32 Å². The number of halogens is 1. The van der Waals surface area contributed by atoms with Gasteiger partial charge >= 0.3 is 5.97 Å². The molecule has 0 aromatic heterocycles. The Morgan fingerprint density at radius 2 is 1.83 bits per heavy atom. The van der Waals surface area contributed by atoms with Crippen molar-refractivity contribution in [2.45, 2.75) is 6.92 Å². The summed E-state index contributed by atoms with van der Waals surface area (Å²) < 4.78 is 1.14. The lowest BCUT2D eigenvalue weighted by atomic mass is 10.1. The van der Waals surface area contributed by atoms with Gasteiger partial charge in [-0.15, -0.1) is 0 Å². The first-order chi connectivity index (χ1) is 8.56. The van der Waals surface area contributed by atoms with Crippen LogP contribution in [0.5, 0.6) is 0 Å². The Kier molecular flexibility index (Phi) is 3.86. The van der Waals surface area contributed by atoms with Crippen molar-refractivity contribution < 1.29 is 9.90 Å². The third-order valence-corrected chi connectivity index (χ3v) is 3.25. The van der Waals surface area contributed by atoms with Gasteiger partial charge in [-0.3, -0.25) is 0 Å². The van der Waals surface area contributed by atoms with E-state index in [1.54, 1.807) is 12.1 Å². The van der Waals surface area contributed by atoms with Gasteiger partial charge in [0.25, 0.3) is 0 Å². The molecule has 0 bridgehead atoms. The van der Waals surface area contributed by atoms with Crippen molar-refractivity contribution in [3.8, 4) is 0 Å². The molecule has 0 unspecified atom stereocenters. The molecule has 0 heterocycles. The van der Waals surface area contributed by atoms with Crippen LogP contribution in [0, 0.1) is 10.5 Å². The van der Waals surface area contributed by atoms with E-state index in [-0.39, 0.29) is 5.56 Å². The van der Waals surface area contributed by atoms with Crippen LogP contribution in [0.1, 0.15) is 15.9 Å². The quantitative estimate of drug-likeness (QED) is 0.819. The fourth-order valence-corrected chi connectivity index (χ4v) is 2.00. The van der Waals surface area contributed by atoms with E-state index in [0.29, 0.717) is 5.69 Å². The van der Waals surface area contributed by atoms with Gasteiger partial charge in [-0.1, -0.05) is 6.07 Å². The first-order valence-electron chi connectivity index (χ1n) is 5.43. The maximum atomic E-state index is 11.1. The van der Waals surface area contributed by atoms with E-state index in [4.69, 9.17) is 5.11 Å². The van der Waals surface area contributed by atoms with Gasteiger partial charge in [-0.25, -0.2) is 4.79 Å². The van der Waals surface area contributed by atoms with Gasteiger partial charge in [0.15, 0.2) is 0 Å². The van der Waals surface area contributed by atoms with Crippen LogP contribution in [0.15, 0.2) is 42.5 Å². The van der Waals surface area contributed by atoms with Crippen LogP contribution >= 0.6 is 22.6 Å². The van der Waals surface area contributed by atoms with E-state index in [1.807, 2.05) is 37.3 Å². The molecule has 0 saturated heterocycles. The SMILES string of the molecule is Cc1ccc(C(=O)O)c(Nc2ccc(I)cc2)c1. The van der Waals surface area contributed by atoms with Crippen LogP contribution in [0.3, 0.4) is 0 Å². The Labute approximate surface area is 119 Å². The minimum atomic E-state index is -0.928. The summed E-state index contributed by atoms with van der Waals surface area (Å²) in [6.07, 6.45) is 0. The van der Waals surface area contributed by atoms with Gasteiger partial charge in [0.2, 0.25) is 0 Å². The molecule has 0 atom stereocenters. The highest BCUT2D eigenvalue weighted by molar-refractivity contribution is 14.1. The molecule has 0 aliphatic heterocycles. The molecular formula is C14H12INO2. The molecule has 4 heteroatoms. The standard InChI is InChI=1S/C14H12INO2/c1-9-2-7-12(14(17)18)13(8-9)16-11-5-3-10(15)4-6-11/h2-8,16H,1H3,(H,17,18). The number of benzene rings is 2. The Balaban J connectivity index is 2.35. The molecule has 2 rings (SSSR count). The van der Waals surface area contributed by atoms with Gasteiger partial charge in [-0.2, -0.15) is 0 Å². The summed E-state index contributed by atoms with van der Waals surface area (Å²) in [5.74, 6) is -0.928. The highest BCUT2D eigenvalue weighted by Gasteiger charge is 2.09. The first-order valence-corrected chi connectivity index (χ1v) is 6.50. The van der Waals surface area contributed by atoms with Gasteiger partial charge in [0.05, 0.1) is 11.3 Å². The summed E-state index contributed by atoms with van der Waals surface area (Å²) in [5.41, 5.74) is 2.79. The van der Waals surface area contributed by atoms with Crippen LogP contribution in [-0.2, 0) is 0 Å². The number of carboxylic acids is 1. The molecule has 0 aliphatic carbocycles. The zero-order valence-electron chi connectivity index (χ0n) is 9.77. The average molecular weight is 353 g/mol. The van der Waals surface area contributed by atoms with Crippen molar-refractivity contribution in [1.82, 2.24) is 0 Å². The largest absolute Gasteiger partial charge is 0.478 e. The van der Waals surface area contributed by atoms with Gasteiger partial charge in [0, 0.05) is 9.26 Å². The highest BCUT2D eigenvalue weighted by atomic mass is 127. The van der Waals surface area contributed by atoms with E-state index in [1.165, 1.54) is 0 Å². The summed E-state index contributed by atoms with van der Waals surface area (Å²) in [5, 5.41) is 12.3. The van der Waals surface area contributed by atoms with E-state index >= 15 is 0 Å². The number of anilines is 2. The average Bonchev–Trinajstić information content (AvgIpc) is 2.32. The van der Waals surface area contributed by atoms with Crippen molar-refractivity contribution in [3.63, 3.8) is 0 Å². The Morgan fingerprint density at radius 1 is 1.17 bits per heavy atom. The lowest BCUT2D eigenvalue weighted by Crippen LogP contribution is -2.03. The van der Waals surface area contributed by atoms with Crippen molar-refractivity contribution in [3.05, 3.63) is 57.2 Å². The van der Waals surface area contributed by atoms with E-state index in [0.717, 1.165) is 14.8 Å². The minimum Gasteiger partial charge on any atom is -0.478 e. The summed E-state index contributed by atoms with van der Waals surface area (Å²) in [7, 11) is 0. The molecule has 0 radical (unpaired) electrons. The molecule has 0 fully saturated rings. The monoisotopic (exact) mass is 353 g/mol. The molecule has 92 valence electrons. The van der Waals surface area contributed by atoms with Crippen LogP contribution in [0.2, 0.25) is 0 Å². The van der Waals surface area contributed by atoms with Crippen molar-refractivity contribution >= 4 is 39.9 Å². The van der Waals surface area contributed by atoms with E-state index < -0.39 is 5.97 Å². The topological polar surface area (TPSA) is 49.3 Å². The summed E-state index contributed by atoms with van der Waals surface area (Å²) >= 11 is 2.23. The molecule has 2 N–H and O–H groups in total. The Bertz CT molecular complexity index is 579. The van der Waals surface area contributed by atoms with Crippen molar-refractivity contribution in [2.75, 3.05) is 5.32 Å². The van der Waals surface area contributed by atoms with E-state index in [9.17, 15) is 4.79 Å². The van der Waals surface area contributed by atoms with Gasteiger partial charge in [0.1, 0.15) is 0 Å². The second kappa shape index (κ2) is 5.39. The lowest BCUT2D eigenvalue weighted by molar-refractivity contribution is 0.0698. The predicted octanol–water partition coefficient (Wildman–Crippen LogP) is 4.04. The lowest BCUT2D eigenvalue weighted by Gasteiger charge is -2.10. The molecule has 0 aliphatic rings. The summed E-state index contributed by atoms with van der Waals surface area (Å²) in [4.78, 5) is 11.1. The zero-order valence-corrected chi connectivity index (χ0v) is 11.9. The number of carboxylic acid groups (broad SMARTS) is 1. The predicted molar refractivity (Wildman–Crippen MR) is 80.6 cm³/mol. The molecule has 0 saturated carbocycles. The minimum absolute atomic E-state index is 0.277. The van der Waals surface area contributed by atoms with Crippen LogP contribution in [0.4, 0.5) is 11.4 Å². The molecule has 0 amide bonds. The molecule has 2 aromatic rings. The maximum absolute atomic E-state index is 11.1. The molecule has 0 spiro atoms. The number of aryl methyl sites for hydroxylation is 1. The Morgan fingerprint density at radius 3 is 2.44 bits per heavy atom. The first kappa shape index (κ1) is 12.9. The second-order valence-electron chi connectivity index (χ2n) is 3.99. The third-order valence-electron chi connectivity index (χ3n) is 2.53. The summed E-state index contributed by atoms with van der Waals surface area (Å²) in [6.45, 7) is 1.94. The fourth-order valence-electron chi connectivity index (χ4n) is 1.64. The maximum Gasteiger partial charge on any atom is 0.337 e. The number of hydrogen-bond donors (Lipinski definition) is 2. The number of hydrogen-bond acceptors (Lipinski definition) is 2. The number of aromatic carboxylic acids is 1. The number of rotatable bonds is 3. The number of nitrogens with one attached hydrogen (secondary N) is 1. The Hall–Kier alpha value is -1.56. The highest BCUT2D eigenvalue weighted by Crippen LogP contribution is 2.23. The van der Waals surface area contributed by atoms with Crippen molar-refractivity contribution in [1.29, 1.82) is 0 Å². The molecule has 18 heavy (non-hydrogen) atoms. The van der Waals surface area contributed by atoms with E-state index in [2.05, 4.69) is 27.9 Å². The van der Waals surface area contributed by atoms with Gasteiger partial charge in [-0.05, 0) is 71.5 Å². The molecule has 2 aromatic carbocycles. The smallest absolute Gasteiger partial charge is 0.337 e.